The Morgan fingerprint density at radius 2 is 1.71 bits per heavy atom. The smallest absolute Gasteiger partial charge is 0.181 e. The van der Waals surface area contributed by atoms with E-state index in [1.54, 1.807) is 6.07 Å². The summed E-state index contributed by atoms with van der Waals surface area (Å²) in [5.41, 5.74) is 2.05. The zero-order valence-corrected chi connectivity index (χ0v) is 14.9. The van der Waals surface area contributed by atoms with Gasteiger partial charge in [-0.3, -0.25) is 9.69 Å². The van der Waals surface area contributed by atoms with Crippen molar-refractivity contribution in [2.45, 2.75) is 32.2 Å². The molecule has 3 rings (SSSR count). The fourth-order valence-corrected chi connectivity index (χ4v) is 3.77. The Bertz CT molecular complexity index is 677. The first-order valence-electron chi connectivity index (χ1n) is 8.72. The monoisotopic (exact) mass is 341 g/mol. The average molecular weight is 342 g/mol. The molecule has 0 saturated carbocycles. The highest BCUT2D eigenvalue weighted by Crippen LogP contribution is 2.25. The van der Waals surface area contributed by atoms with Crippen molar-refractivity contribution in [2.24, 2.45) is 5.92 Å². The van der Waals surface area contributed by atoms with Gasteiger partial charge in [0.1, 0.15) is 0 Å². The van der Waals surface area contributed by atoms with Gasteiger partial charge in [0.15, 0.2) is 5.78 Å². The van der Waals surface area contributed by atoms with Crippen LogP contribution in [-0.4, -0.2) is 29.8 Å². The van der Waals surface area contributed by atoms with E-state index < -0.39 is 0 Å². The maximum atomic E-state index is 12.7. The van der Waals surface area contributed by atoms with E-state index in [1.165, 1.54) is 5.56 Å². The molecule has 0 aromatic heterocycles. The largest absolute Gasteiger partial charge is 0.293 e. The van der Waals surface area contributed by atoms with Crippen LogP contribution < -0.4 is 0 Å². The van der Waals surface area contributed by atoms with Crippen molar-refractivity contribution in [3.05, 3.63) is 70.7 Å². The Morgan fingerprint density at radius 3 is 2.38 bits per heavy atom. The molecule has 1 atom stereocenters. The lowest BCUT2D eigenvalue weighted by Crippen LogP contribution is -2.44. The van der Waals surface area contributed by atoms with Gasteiger partial charge < -0.3 is 0 Å². The Balaban J connectivity index is 1.56. The molecular weight excluding hydrogens is 318 g/mol. The molecular formula is C21H24ClNO. The van der Waals surface area contributed by atoms with Crippen LogP contribution in [-0.2, 0) is 6.42 Å². The second kappa shape index (κ2) is 7.96. The van der Waals surface area contributed by atoms with Gasteiger partial charge in [0, 0.05) is 5.56 Å². The van der Waals surface area contributed by atoms with E-state index >= 15 is 0 Å². The van der Waals surface area contributed by atoms with Crippen molar-refractivity contribution in [3.8, 4) is 0 Å². The van der Waals surface area contributed by atoms with Gasteiger partial charge >= 0.3 is 0 Å². The Hall–Kier alpha value is -1.64. The second-order valence-electron chi connectivity index (χ2n) is 6.69. The number of Topliss-reactive ketones (excluding diaryl/α,β-unsaturated/α-hetero) is 1. The first-order valence-corrected chi connectivity index (χ1v) is 9.09. The summed E-state index contributed by atoms with van der Waals surface area (Å²) >= 11 is 6.18. The van der Waals surface area contributed by atoms with Crippen LogP contribution in [0.1, 0.15) is 35.7 Å². The van der Waals surface area contributed by atoms with E-state index in [2.05, 4.69) is 35.2 Å². The van der Waals surface area contributed by atoms with Gasteiger partial charge in [-0.2, -0.15) is 0 Å². The number of ketones is 1. The van der Waals surface area contributed by atoms with Crippen molar-refractivity contribution in [3.63, 3.8) is 0 Å². The molecule has 2 aromatic carbocycles. The van der Waals surface area contributed by atoms with Gasteiger partial charge in [-0.25, -0.2) is 0 Å². The molecule has 0 bridgehead atoms. The predicted molar refractivity (Wildman–Crippen MR) is 99.7 cm³/mol. The predicted octanol–water partition coefficient (Wildman–Crippen LogP) is 4.87. The van der Waals surface area contributed by atoms with E-state index in [4.69, 9.17) is 11.6 Å². The highest BCUT2D eigenvalue weighted by atomic mass is 35.5. The summed E-state index contributed by atoms with van der Waals surface area (Å²) in [5.74, 6) is 0.841. The fraction of sp³-hybridized carbons (Fsp3) is 0.381. The molecule has 0 amide bonds. The quantitative estimate of drug-likeness (QED) is 0.723. The minimum atomic E-state index is -0.109. The maximum absolute atomic E-state index is 12.7. The number of piperidine rings is 1. The maximum Gasteiger partial charge on any atom is 0.181 e. The molecule has 0 N–H and O–H groups in total. The third-order valence-corrected chi connectivity index (χ3v) is 5.41. The molecule has 1 unspecified atom stereocenters. The summed E-state index contributed by atoms with van der Waals surface area (Å²) < 4.78 is 0. The standard InChI is InChI=1S/C21H24ClNO/c1-16(21(24)19-9-5-6-10-20(19)22)23-13-11-18(12-14-23)15-17-7-3-2-4-8-17/h2-10,16,18H,11-15H2,1H3. The van der Waals surface area contributed by atoms with Crippen LogP contribution >= 0.6 is 11.6 Å². The molecule has 0 aliphatic carbocycles. The Morgan fingerprint density at radius 1 is 1.08 bits per heavy atom. The lowest BCUT2D eigenvalue weighted by Gasteiger charge is -2.35. The minimum Gasteiger partial charge on any atom is -0.293 e. The molecule has 24 heavy (non-hydrogen) atoms. The summed E-state index contributed by atoms with van der Waals surface area (Å²) in [6.45, 7) is 3.97. The number of hydrogen-bond acceptors (Lipinski definition) is 2. The third-order valence-electron chi connectivity index (χ3n) is 5.08. The number of carbonyl (C=O) groups is 1. The zero-order chi connectivity index (χ0) is 16.9. The molecule has 3 heteroatoms. The van der Waals surface area contributed by atoms with Crippen molar-refractivity contribution in [1.29, 1.82) is 0 Å². The molecule has 0 spiro atoms. The molecule has 0 radical (unpaired) electrons. The van der Waals surface area contributed by atoms with Crippen LogP contribution in [0.3, 0.4) is 0 Å². The van der Waals surface area contributed by atoms with Gasteiger partial charge in [0.05, 0.1) is 11.1 Å². The number of hydrogen-bond donors (Lipinski definition) is 0. The number of likely N-dealkylation sites (tertiary alicyclic amines) is 1. The van der Waals surface area contributed by atoms with Crippen LogP contribution in [0.15, 0.2) is 54.6 Å². The molecule has 1 fully saturated rings. The van der Waals surface area contributed by atoms with E-state index in [9.17, 15) is 4.79 Å². The van der Waals surface area contributed by atoms with Crippen molar-refractivity contribution in [1.82, 2.24) is 4.90 Å². The van der Waals surface area contributed by atoms with Crippen molar-refractivity contribution < 1.29 is 4.79 Å². The molecule has 126 valence electrons. The lowest BCUT2D eigenvalue weighted by molar-refractivity contribution is 0.0771. The van der Waals surface area contributed by atoms with Crippen molar-refractivity contribution >= 4 is 17.4 Å². The number of halogens is 1. The fourth-order valence-electron chi connectivity index (χ4n) is 3.54. The summed E-state index contributed by atoms with van der Waals surface area (Å²) in [6, 6.07) is 17.9. The highest BCUT2D eigenvalue weighted by molar-refractivity contribution is 6.34. The minimum absolute atomic E-state index is 0.109. The first-order chi connectivity index (χ1) is 11.6. The Labute approximate surface area is 149 Å². The molecule has 2 aromatic rings. The molecule has 2 nitrogen and oxygen atoms in total. The average Bonchev–Trinajstić information content (AvgIpc) is 2.62. The van der Waals surface area contributed by atoms with Gasteiger partial charge in [-0.15, -0.1) is 0 Å². The number of benzene rings is 2. The summed E-state index contributed by atoms with van der Waals surface area (Å²) in [6.07, 6.45) is 3.44. The van der Waals surface area contributed by atoms with E-state index in [-0.39, 0.29) is 11.8 Å². The number of rotatable bonds is 5. The van der Waals surface area contributed by atoms with Gasteiger partial charge in [-0.1, -0.05) is 54.1 Å². The summed E-state index contributed by atoms with van der Waals surface area (Å²) in [5, 5.41) is 0.549. The van der Waals surface area contributed by atoms with Crippen LogP contribution in [0.5, 0.6) is 0 Å². The van der Waals surface area contributed by atoms with Crippen LogP contribution in [0, 0.1) is 5.92 Å². The summed E-state index contributed by atoms with van der Waals surface area (Å²) in [7, 11) is 0. The van der Waals surface area contributed by atoms with Gasteiger partial charge in [0.25, 0.3) is 0 Å². The lowest BCUT2D eigenvalue weighted by atomic mass is 9.89. The summed E-state index contributed by atoms with van der Waals surface area (Å²) in [4.78, 5) is 15.0. The van der Waals surface area contributed by atoms with E-state index in [1.807, 2.05) is 25.1 Å². The van der Waals surface area contributed by atoms with Crippen LogP contribution in [0.2, 0.25) is 5.02 Å². The van der Waals surface area contributed by atoms with Gasteiger partial charge in [-0.05, 0) is 62.9 Å². The number of nitrogens with zero attached hydrogens (tertiary/aromatic N) is 1. The molecule has 1 heterocycles. The zero-order valence-electron chi connectivity index (χ0n) is 14.1. The molecule has 1 aliphatic rings. The Kier molecular flexibility index (Phi) is 5.70. The highest BCUT2D eigenvalue weighted by Gasteiger charge is 2.28. The SMILES string of the molecule is CC(C(=O)c1ccccc1Cl)N1CCC(Cc2ccccc2)CC1. The van der Waals surface area contributed by atoms with Gasteiger partial charge in [0.2, 0.25) is 0 Å². The molecule has 1 saturated heterocycles. The van der Waals surface area contributed by atoms with Crippen molar-refractivity contribution in [2.75, 3.05) is 13.1 Å². The molecule has 1 aliphatic heterocycles. The van der Waals surface area contributed by atoms with E-state index in [0.29, 0.717) is 16.5 Å². The topological polar surface area (TPSA) is 20.3 Å². The number of carbonyl (C=O) groups excluding carboxylic acids is 1. The third kappa shape index (κ3) is 4.06. The normalized spacial score (nSPS) is 17.6. The van der Waals surface area contributed by atoms with Crippen LogP contribution in [0.25, 0.3) is 0 Å². The second-order valence-corrected chi connectivity index (χ2v) is 7.10. The van der Waals surface area contributed by atoms with E-state index in [0.717, 1.165) is 32.4 Å². The first kappa shape index (κ1) is 17.2. The van der Waals surface area contributed by atoms with Crippen LogP contribution in [0.4, 0.5) is 0 Å².